The normalized spacial score (nSPS) is 50.7. The van der Waals surface area contributed by atoms with Gasteiger partial charge in [0.25, 0.3) is 0 Å². The molecule has 0 heterocycles. The van der Waals surface area contributed by atoms with Gasteiger partial charge in [-0.05, 0) is 62.7 Å². The van der Waals surface area contributed by atoms with Gasteiger partial charge in [0.2, 0.25) is 0 Å². The third-order valence-corrected chi connectivity index (χ3v) is 6.98. The summed E-state index contributed by atoms with van der Waals surface area (Å²) in [7, 11) is 0. The minimum absolute atomic E-state index is 0.181. The number of nitrogens with one attached hydrogen (secondary N) is 2. The van der Waals surface area contributed by atoms with E-state index in [0.717, 1.165) is 37.5 Å². The fourth-order valence-electron chi connectivity index (χ4n) is 5.51. The highest BCUT2D eigenvalue weighted by Gasteiger charge is 2.38. The number of rotatable bonds is 2. The Kier molecular flexibility index (Phi) is 5.43. The highest BCUT2D eigenvalue weighted by Crippen LogP contribution is 2.45. The van der Waals surface area contributed by atoms with E-state index in [0.29, 0.717) is 17.9 Å². The molecular formula is C18H34N4-2. The minimum atomic E-state index is -0.205. The maximum absolute atomic E-state index is 8.44. The largest absolute Gasteiger partial charge is 0.676 e. The third-order valence-electron chi connectivity index (χ3n) is 6.98. The van der Waals surface area contributed by atoms with Crippen LogP contribution >= 0.6 is 0 Å². The van der Waals surface area contributed by atoms with E-state index in [9.17, 15) is 0 Å². The molecule has 0 aromatic rings. The van der Waals surface area contributed by atoms with E-state index in [-0.39, 0.29) is 18.1 Å². The smallest absolute Gasteiger partial charge is 0.00694 e. The molecule has 0 aromatic carbocycles. The first kappa shape index (κ1) is 16.7. The van der Waals surface area contributed by atoms with Gasteiger partial charge in [-0.1, -0.05) is 25.2 Å². The Morgan fingerprint density at radius 1 is 0.682 bits per heavy atom. The molecule has 6 atom stereocenters. The summed E-state index contributed by atoms with van der Waals surface area (Å²) in [5.41, 5.74) is 29.1. The van der Waals surface area contributed by atoms with Gasteiger partial charge in [-0.3, -0.25) is 0 Å². The summed E-state index contributed by atoms with van der Waals surface area (Å²) in [6, 6.07) is 0.311. The molecule has 0 aliphatic heterocycles. The van der Waals surface area contributed by atoms with E-state index in [1.807, 2.05) is 0 Å². The highest BCUT2D eigenvalue weighted by molar-refractivity contribution is 5.04. The predicted octanol–water partition coefficient (Wildman–Crippen LogP) is 3.89. The lowest BCUT2D eigenvalue weighted by Gasteiger charge is -2.52. The second-order valence-corrected chi connectivity index (χ2v) is 8.30. The summed E-state index contributed by atoms with van der Waals surface area (Å²) in [5, 5.41) is 0. The Hall–Kier alpha value is -0.160. The molecule has 3 saturated carbocycles. The molecule has 3 aliphatic rings. The van der Waals surface area contributed by atoms with Crippen molar-refractivity contribution in [2.24, 2.45) is 35.1 Å². The van der Waals surface area contributed by atoms with Gasteiger partial charge >= 0.3 is 0 Å². The maximum atomic E-state index is 8.44. The fourth-order valence-corrected chi connectivity index (χ4v) is 5.51. The van der Waals surface area contributed by atoms with Crippen LogP contribution in [0, 0.1) is 23.7 Å². The lowest BCUT2D eigenvalue weighted by Crippen LogP contribution is -2.47. The van der Waals surface area contributed by atoms with Crippen LogP contribution in [0.15, 0.2) is 0 Å². The molecule has 3 rings (SSSR count). The van der Waals surface area contributed by atoms with Crippen molar-refractivity contribution >= 4 is 0 Å². The summed E-state index contributed by atoms with van der Waals surface area (Å²) < 4.78 is 0. The monoisotopic (exact) mass is 306 g/mol. The summed E-state index contributed by atoms with van der Waals surface area (Å²) in [6.07, 6.45) is 11.8. The van der Waals surface area contributed by atoms with E-state index >= 15 is 0 Å². The molecule has 0 saturated heterocycles. The van der Waals surface area contributed by atoms with E-state index < -0.39 is 0 Å². The molecule has 6 unspecified atom stereocenters. The molecule has 0 bridgehead atoms. The highest BCUT2D eigenvalue weighted by atomic mass is 14.8. The standard InChI is InChI=1S/C18H34N4/c19-13-7-4-11(5-8-13)12-6-9-16(20)15(10-12)14-2-1-3-17(21)18(14)22/h11-18,21-22H,1-10,19-20H2/q-2. The summed E-state index contributed by atoms with van der Waals surface area (Å²) in [5.74, 6) is 2.51. The van der Waals surface area contributed by atoms with Crippen molar-refractivity contribution in [3.05, 3.63) is 11.5 Å². The van der Waals surface area contributed by atoms with Crippen molar-refractivity contribution in [1.82, 2.24) is 0 Å². The van der Waals surface area contributed by atoms with E-state index in [1.165, 1.54) is 38.5 Å². The Labute approximate surface area is 135 Å². The zero-order chi connectivity index (χ0) is 15.7. The molecule has 0 spiro atoms. The van der Waals surface area contributed by atoms with Crippen LogP contribution in [0.1, 0.15) is 64.2 Å². The lowest BCUT2D eigenvalue weighted by atomic mass is 9.62. The van der Waals surface area contributed by atoms with Gasteiger partial charge in [-0.2, -0.15) is 12.1 Å². The first-order valence-corrected chi connectivity index (χ1v) is 9.49. The van der Waals surface area contributed by atoms with Crippen LogP contribution < -0.4 is 11.5 Å². The fraction of sp³-hybridized carbons (Fsp3) is 1.00. The van der Waals surface area contributed by atoms with Crippen molar-refractivity contribution in [2.45, 2.75) is 88.4 Å². The molecule has 6 N–H and O–H groups in total. The van der Waals surface area contributed by atoms with Crippen molar-refractivity contribution in [3.8, 4) is 0 Å². The molecule has 0 radical (unpaired) electrons. The number of hydrogen-bond donors (Lipinski definition) is 2. The lowest BCUT2D eigenvalue weighted by molar-refractivity contribution is 0.0881. The van der Waals surface area contributed by atoms with Crippen LogP contribution in [0.3, 0.4) is 0 Å². The minimum Gasteiger partial charge on any atom is -0.676 e. The maximum Gasteiger partial charge on any atom is 0.00694 e. The van der Waals surface area contributed by atoms with Gasteiger partial charge in [-0.15, -0.1) is 0 Å². The van der Waals surface area contributed by atoms with Gasteiger partial charge < -0.3 is 22.9 Å². The zero-order valence-electron chi connectivity index (χ0n) is 13.8. The van der Waals surface area contributed by atoms with Crippen LogP contribution in [-0.2, 0) is 0 Å². The van der Waals surface area contributed by atoms with E-state index in [2.05, 4.69) is 0 Å². The summed E-state index contributed by atoms with van der Waals surface area (Å²) >= 11 is 0. The van der Waals surface area contributed by atoms with Gasteiger partial charge in [0.05, 0.1) is 0 Å². The molecule has 3 fully saturated rings. The molecule has 0 amide bonds. The first-order valence-electron chi connectivity index (χ1n) is 9.49. The summed E-state index contributed by atoms with van der Waals surface area (Å²) in [4.78, 5) is 0. The number of nitrogens with two attached hydrogens (primary N) is 2. The van der Waals surface area contributed by atoms with E-state index in [1.54, 1.807) is 0 Å². The van der Waals surface area contributed by atoms with Crippen molar-refractivity contribution in [3.63, 3.8) is 0 Å². The molecular weight excluding hydrogens is 272 g/mol. The van der Waals surface area contributed by atoms with Crippen LogP contribution in [0.2, 0.25) is 0 Å². The zero-order valence-corrected chi connectivity index (χ0v) is 13.8. The average Bonchev–Trinajstić information content (AvgIpc) is 2.52. The van der Waals surface area contributed by atoms with Crippen molar-refractivity contribution in [1.29, 1.82) is 0 Å². The van der Waals surface area contributed by atoms with Gasteiger partial charge in [-0.25, -0.2) is 0 Å². The van der Waals surface area contributed by atoms with Gasteiger partial charge in [0.1, 0.15) is 0 Å². The molecule has 22 heavy (non-hydrogen) atoms. The topological polar surface area (TPSA) is 99.6 Å². The van der Waals surface area contributed by atoms with Crippen LogP contribution in [0.25, 0.3) is 11.5 Å². The molecule has 4 heteroatoms. The van der Waals surface area contributed by atoms with Crippen molar-refractivity contribution in [2.75, 3.05) is 0 Å². The summed E-state index contributed by atoms with van der Waals surface area (Å²) in [6.45, 7) is 0. The molecule has 128 valence electrons. The van der Waals surface area contributed by atoms with Gasteiger partial charge in [0.15, 0.2) is 0 Å². The number of hydrogen-bond acceptors (Lipinski definition) is 2. The molecule has 4 nitrogen and oxygen atoms in total. The Balaban J connectivity index is 1.63. The average molecular weight is 306 g/mol. The second-order valence-electron chi connectivity index (χ2n) is 8.30. The Bertz CT molecular complexity index is 353. The predicted molar refractivity (Wildman–Crippen MR) is 92.3 cm³/mol. The second kappa shape index (κ2) is 7.16. The Morgan fingerprint density at radius 2 is 1.36 bits per heavy atom. The third kappa shape index (κ3) is 3.50. The van der Waals surface area contributed by atoms with Crippen LogP contribution in [0.5, 0.6) is 0 Å². The van der Waals surface area contributed by atoms with Gasteiger partial charge in [0, 0.05) is 12.1 Å². The molecule has 0 aromatic heterocycles. The SMILES string of the molecule is [NH-]C1CCCC(C2CC(C3CCC(N)CC3)CCC2N)C1[NH-]. The Morgan fingerprint density at radius 3 is 2.09 bits per heavy atom. The molecule has 3 aliphatic carbocycles. The van der Waals surface area contributed by atoms with Crippen LogP contribution in [0.4, 0.5) is 0 Å². The van der Waals surface area contributed by atoms with E-state index in [4.69, 9.17) is 22.9 Å². The van der Waals surface area contributed by atoms with Crippen molar-refractivity contribution < 1.29 is 0 Å². The quantitative estimate of drug-likeness (QED) is 0.808. The first-order chi connectivity index (χ1) is 10.6. The van der Waals surface area contributed by atoms with Crippen LogP contribution in [-0.4, -0.2) is 24.2 Å².